The zero-order chi connectivity index (χ0) is 10.1. The standard InChI is InChI=1S/C13H20O/c1-3-10-4-5-11-6-9(2)7-12(8-14)13(10)11/h7-11,13H,3-6H2,1-2H3. The highest BCUT2D eigenvalue weighted by molar-refractivity contribution is 5.74. The Morgan fingerprint density at radius 3 is 2.93 bits per heavy atom. The molecule has 0 spiro atoms. The smallest absolute Gasteiger partial charge is 0.146 e. The maximum absolute atomic E-state index is 11.0. The van der Waals surface area contributed by atoms with Gasteiger partial charge in [0.25, 0.3) is 0 Å². The van der Waals surface area contributed by atoms with E-state index < -0.39 is 0 Å². The van der Waals surface area contributed by atoms with Gasteiger partial charge in [-0.3, -0.25) is 4.79 Å². The van der Waals surface area contributed by atoms with Gasteiger partial charge in [-0.25, -0.2) is 0 Å². The molecule has 0 saturated heterocycles. The Labute approximate surface area is 86.6 Å². The van der Waals surface area contributed by atoms with Crippen LogP contribution in [0.5, 0.6) is 0 Å². The van der Waals surface area contributed by atoms with Crippen LogP contribution in [0.15, 0.2) is 11.6 Å². The summed E-state index contributed by atoms with van der Waals surface area (Å²) in [6.45, 7) is 4.49. The van der Waals surface area contributed by atoms with E-state index in [0.29, 0.717) is 11.8 Å². The molecule has 0 bridgehead atoms. The van der Waals surface area contributed by atoms with Crippen molar-refractivity contribution in [2.24, 2.45) is 23.7 Å². The van der Waals surface area contributed by atoms with Gasteiger partial charge in [0, 0.05) is 0 Å². The summed E-state index contributed by atoms with van der Waals surface area (Å²) >= 11 is 0. The second kappa shape index (κ2) is 3.88. The molecule has 0 heterocycles. The van der Waals surface area contributed by atoms with E-state index in [1.165, 1.54) is 25.7 Å². The zero-order valence-corrected chi connectivity index (χ0v) is 9.20. The minimum atomic E-state index is 0.605. The van der Waals surface area contributed by atoms with E-state index in [4.69, 9.17) is 0 Å². The second-order valence-corrected chi connectivity index (χ2v) is 5.03. The van der Waals surface area contributed by atoms with Crippen molar-refractivity contribution >= 4 is 6.29 Å². The zero-order valence-electron chi connectivity index (χ0n) is 9.20. The van der Waals surface area contributed by atoms with E-state index in [-0.39, 0.29) is 0 Å². The molecule has 0 aromatic rings. The van der Waals surface area contributed by atoms with Crippen molar-refractivity contribution in [1.29, 1.82) is 0 Å². The van der Waals surface area contributed by atoms with Gasteiger partial charge in [-0.05, 0) is 48.5 Å². The lowest BCUT2D eigenvalue weighted by Crippen LogP contribution is -2.24. The SMILES string of the molecule is CCC1CCC2CC(C)C=C(C=O)C12. The van der Waals surface area contributed by atoms with Gasteiger partial charge < -0.3 is 0 Å². The topological polar surface area (TPSA) is 17.1 Å². The summed E-state index contributed by atoms with van der Waals surface area (Å²) in [4.78, 5) is 11.0. The highest BCUT2D eigenvalue weighted by atomic mass is 16.1. The molecule has 1 heteroatoms. The van der Waals surface area contributed by atoms with Crippen LogP contribution < -0.4 is 0 Å². The highest BCUT2D eigenvalue weighted by Crippen LogP contribution is 2.48. The molecule has 4 atom stereocenters. The molecular weight excluding hydrogens is 172 g/mol. The fourth-order valence-electron chi connectivity index (χ4n) is 3.54. The quantitative estimate of drug-likeness (QED) is 0.614. The van der Waals surface area contributed by atoms with E-state index in [1.807, 2.05) is 0 Å². The molecule has 0 aromatic heterocycles. The van der Waals surface area contributed by atoms with E-state index >= 15 is 0 Å². The average molecular weight is 192 g/mol. The predicted octanol–water partition coefficient (Wildman–Crippen LogP) is 3.20. The third kappa shape index (κ3) is 1.53. The Morgan fingerprint density at radius 1 is 1.50 bits per heavy atom. The molecule has 1 nitrogen and oxygen atoms in total. The Kier molecular flexibility index (Phi) is 2.76. The lowest BCUT2D eigenvalue weighted by molar-refractivity contribution is -0.105. The van der Waals surface area contributed by atoms with Crippen LogP contribution >= 0.6 is 0 Å². The Bertz CT molecular complexity index is 254. The fraction of sp³-hybridized carbons (Fsp3) is 0.769. The van der Waals surface area contributed by atoms with Gasteiger partial charge >= 0.3 is 0 Å². The maximum Gasteiger partial charge on any atom is 0.146 e. The van der Waals surface area contributed by atoms with Crippen molar-refractivity contribution in [3.8, 4) is 0 Å². The number of hydrogen-bond donors (Lipinski definition) is 0. The summed E-state index contributed by atoms with van der Waals surface area (Å²) in [5.41, 5.74) is 1.11. The van der Waals surface area contributed by atoms with Crippen LogP contribution in [0.1, 0.15) is 39.5 Å². The van der Waals surface area contributed by atoms with Gasteiger partial charge in [-0.2, -0.15) is 0 Å². The van der Waals surface area contributed by atoms with Crippen molar-refractivity contribution in [1.82, 2.24) is 0 Å². The Balaban J connectivity index is 2.24. The summed E-state index contributed by atoms with van der Waals surface area (Å²) in [5.74, 6) is 2.81. The second-order valence-electron chi connectivity index (χ2n) is 5.03. The van der Waals surface area contributed by atoms with Crippen LogP contribution in [-0.2, 0) is 4.79 Å². The van der Waals surface area contributed by atoms with Crippen molar-refractivity contribution < 1.29 is 4.79 Å². The molecule has 0 aliphatic heterocycles. The number of aldehydes is 1. The van der Waals surface area contributed by atoms with Gasteiger partial charge in [-0.1, -0.05) is 26.3 Å². The van der Waals surface area contributed by atoms with Gasteiger partial charge in [0.15, 0.2) is 0 Å². The molecule has 2 aliphatic carbocycles. The number of carbonyl (C=O) groups excluding carboxylic acids is 1. The normalized spacial score (nSPS) is 41.7. The molecule has 2 aliphatic rings. The van der Waals surface area contributed by atoms with Gasteiger partial charge in [0.1, 0.15) is 6.29 Å². The summed E-state index contributed by atoms with van der Waals surface area (Å²) in [6, 6.07) is 0. The molecule has 14 heavy (non-hydrogen) atoms. The van der Waals surface area contributed by atoms with E-state index in [9.17, 15) is 4.79 Å². The highest BCUT2D eigenvalue weighted by Gasteiger charge is 2.39. The van der Waals surface area contributed by atoms with Crippen LogP contribution in [0, 0.1) is 23.7 Å². The first-order valence-electron chi connectivity index (χ1n) is 5.93. The average Bonchev–Trinajstić information content (AvgIpc) is 2.59. The first-order chi connectivity index (χ1) is 6.76. The molecule has 0 radical (unpaired) electrons. The molecule has 0 amide bonds. The van der Waals surface area contributed by atoms with Crippen LogP contribution in [0.3, 0.4) is 0 Å². The lowest BCUT2D eigenvalue weighted by Gasteiger charge is -2.31. The van der Waals surface area contributed by atoms with E-state index in [1.54, 1.807) is 0 Å². The Hall–Kier alpha value is -0.590. The molecule has 1 saturated carbocycles. The molecule has 0 N–H and O–H groups in total. The third-order valence-electron chi connectivity index (χ3n) is 4.12. The van der Waals surface area contributed by atoms with Gasteiger partial charge in [0.2, 0.25) is 0 Å². The lowest BCUT2D eigenvalue weighted by atomic mass is 9.73. The van der Waals surface area contributed by atoms with Crippen molar-refractivity contribution in [3.05, 3.63) is 11.6 Å². The number of rotatable bonds is 2. The summed E-state index contributed by atoms with van der Waals surface area (Å²) < 4.78 is 0. The predicted molar refractivity (Wildman–Crippen MR) is 57.9 cm³/mol. The minimum Gasteiger partial charge on any atom is -0.298 e. The van der Waals surface area contributed by atoms with Gasteiger partial charge in [0.05, 0.1) is 0 Å². The molecule has 78 valence electrons. The first kappa shape index (κ1) is 9.95. The van der Waals surface area contributed by atoms with Crippen LogP contribution in [0.25, 0.3) is 0 Å². The number of hydrogen-bond acceptors (Lipinski definition) is 1. The minimum absolute atomic E-state index is 0.605. The summed E-state index contributed by atoms with van der Waals surface area (Å²) in [5, 5.41) is 0. The fourth-order valence-corrected chi connectivity index (χ4v) is 3.54. The Morgan fingerprint density at radius 2 is 2.29 bits per heavy atom. The number of fused-ring (bicyclic) bond motifs is 1. The van der Waals surface area contributed by atoms with Crippen molar-refractivity contribution in [2.45, 2.75) is 39.5 Å². The van der Waals surface area contributed by atoms with E-state index in [0.717, 1.165) is 23.7 Å². The summed E-state index contributed by atoms with van der Waals surface area (Å²) in [6.07, 6.45) is 8.55. The molecule has 0 aromatic carbocycles. The molecular formula is C13H20O. The van der Waals surface area contributed by atoms with Crippen LogP contribution in [0.2, 0.25) is 0 Å². The van der Waals surface area contributed by atoms with Gasteiger partial charge in [-0.15, -0.1) is 0 Å². The van der Waals surface area contributed by atoms with Crippen LogP contribution in [-0.4, -0.2) is 6.29 Å². The summed E-state index contributed by atoms with van der Waals surface area (Å²) in [7, 11) is 0. The van der Waals surface area contributed by atoms with E-state index in [2.05, 4.69) is 19.9 Å². The molecule has 1 fully saturated rings. The van der Waals surface area contributed by atoms with Crippen molar-refractivity contribution in [2.75, 3.05) is 0 Å². The largest absolute Gasteiger partial charge is 0.298 e. The van der Waals surface area contributed by atoms with Crippen LogP contribution in [0.4, 0.5) is 0 Å². The third-order valence-corrected chi connectivity index (χ3v) is 4.12. The monoisotopic (exact) mass is 192 g/mol. The first-order valence-corrected chi connectivity index (χ1v) is 5.93. The number of carbonyl (C=O) groups is 1. The van der Waals surface area contributed by atoms with Crippen molar-refractivity contribution in [3.63, 3.8) is 0 Å². The molecule has 2 rings (SSSR count). The number of allylic oxidation sites excluding steroid dienone is 2. The maximum atomic E-state index is 11.0. The molecule has 4 unspecified atom stereocenters.